The second kappa shape index (κ2) is 15.7. The summed E-state index contributed by atoms with van der Waals surface area (Å²) in [4.78, 5) is 34.5. The Bertz CT molecular complexity index is 1200. The second-order valence-corrected chi connectivity index (χ2v) is 9.59. The average Bonchev–Trinajstić information content (AvgIpc) is 3.50. The molecule has 2 amide bonds. The van der Waals surface area contributed by atoms with E-state index in [4.69, 9.17) is 14.3 Å². The summed E-state index contributed by atoms with van der Waals surface area (Å²) in [5.41, 5.74) is 3.07. The molecule has 9 nitrogen and oxygen atoms in total. The van der Waals surface area contributed by atoms with Crippen LogP contribution in [0.5, 0.6) is 5.75 Å². The number of aryl methyl sites for hydroxylation is 1. The highest BCUT2D eigenvalue weighted by atomic mass is 16.8. The zero-order chi connectivity index (χ0) is 27.1. The minimum atomic E-state index is -0.353. The van der Waals surface area contributed by atoms with Crippen LogP contribution in [0.25, 0.3) is 10.8 Å². The molecule has 1 aromatic heterocycles. The fraction of sp³-hybridized carbons (Fsp3) is 0.433. The van der Waals surface area contributed by atoms with E-state index >= 15 is 0 Å². The van der Waals surface area contributed by atoms with E-state index in [1.165, 1.54) is 0 Å². The lowest BCUT2D eigenvalue weighted by Crippen LogP contribution is -2.32. The number of hydrogen-bond acceptors (Lipinski definition) is 6. The van der Waals surface area contributed by atoms with Gasteiger partial charge in [-0.15, -0.1) is 0 Å². The van der Waals surface area contributed by atoms with Crippen LogP contribution >= 0.6 is 0 Å². The number of fused-ring (bicyclic) bond motifs is 1. The minimum absolute atomic E-state index is 0.139. The maximum Gasteiger partial charge on any atom is 0.250 e. The Morgan fingerprint density at radius 1 is 1.10 bits per heavy atom. The third-order valence-corrected chi connectivity index (χ3v) is 6.55. The molecule has 208 valence electrons. The summed E-state index contributed by atoms with van der Waals surface area (Å²) in [6, 6.07) is 13.9. The van der Waals surface area contributed by atoms with Crippen LogP contribution in [0.1, 0.15) is 51.4 Å². The van der Waals surface area contributed by atoms with E-state index in [0.717, 1.165) is 55.2 Å². The summed E-state index contributed by atoms with van der Waals surface area (Å²) >= 11 is 0. The average molecular weight is 535 g/mol. The number of nitrogens with one attached hydrogen (secondary N) is 2. The van der Waals surface area contributed by atoms with Gasteiger partial charge in [0.15, 0.2) is 6.29 Å². The molecule has 2 N–H and O–H groups in total. The molecule has 0 aliphatic carbocycles. The number of carbonyl (C=O) groups excluding carboxylic acids is 2. The molecule has 39 heavy (non-hydrogen) atoms. The van der Waals surface area contributed by atoms with Crippen LogP contribution in [-0.2, 0) is 25.7 Å². The highest BCUT2D eigenvalue weighted by molar-refractivity contribution is 5.94. The Hall–Kier alpha value is -3.69. The van der Waals surface area contributed by atoms with Crippen molar-refractivity contribution < 1.29 is 23.9 Å². The predicted molar refractivity (Wildman–Crippen MR) is 149 cm³/mol. The number of imidazole rings is 1. The molecule has 3 aromatic rings. The molecule has 1 fully saturated rings. The van der Waals surface area contributed by atoms with Crippen molar-refractivity contribution >= 4 is 22.6 Å². The molecule has 4 rings (SSSR count). The third-order valence-electron chi connectivity index (χ3n) is 6.55. The number of hydroxylamine groups is 1. The zero-order valence-electron chi connectivity index (χ0n) is 22.3. The molecule has 0 radical (unpaired) electrons. The Labute approximate surface area is 229 Å². The number of nitrogens with zero attached hydrogens (tertiary/aromatic N) is 2. The fourth-order valence-corrected chi connectivity index (χ4v) is 4.38. The van der Waals surface area contributed by atoms with E-state index in [2.05, 4.69) is 15.8 Å². The summed E-state index contributed by atoms with van der Waals surface area (Å²) in [7, 11) is 0. The number of hydrogen-bond donors (Lipinski definition) is 2. The van der Waals surface area contributed by atoms with E-state index < -0.39 is 0 Å². The Morgan fingerprint density at radius 2 is 2.00 bits per heavy atom. The molecule has 2 aromatic carbocycles. The van der Waals surface area contributed by atoms with Crippen LogP contribution in [0, 0.1) is 0 Å². The SMILES string of the molecule is O=C(CCCC/C=C(\COc1cccc2ccccc12)C(=O)NCCCn1ccnc1)NOC1CCCCO1. The molecule has 9 heteroatoms. The Kier molecular flexibility index (Phi) is 11.4. The quantitative estimate of drug-likeness (QED) is 0.167. The number of carbonyl (C=O) groups is 2. The van der Waals surface area contributed by atoms with Gasteiger partial charge in [-0.3, -0.25) is 9.59 Å². The molecule has 0 bridgehead atoms. The lowest BCUT2D eigenvalue weighted by atomic mass is 10.1. The molecule has 1 aliphatic rings. The van der Waals surface area contributed by atoms with Crippen LogP contribution in [0.2, 0.25) is 0 Å². The first-order valence-corrected chi connectivity index (χ1v) is 13.8. The number of rotatable bonds is 15. The monoisotopic (exact) mass is 534 g/mol. The van der Waals surface area contributed by atoms with Gasteiger partial charge < -0.3 is 19.4 Å². The summed E-state index contributed by atoms with van der Waals surface area (Å²) in [6.45, 7) is 2.16. The van der Waals surface area contributed by atoms with Gasteiger partial charge >= 0.3 is 0 Å². The largest absolute Gasteiger partial charge is 0.488 e. The highest BCUT2D eigenvalue weighted by Gasteiger charge is 2.16. The van der Waals surface area contributed by atoms with Gasteiger partial charge in [0.05, 0.1) is 11.9 Å². The smallest absolute Gasteiger partial charge is 0.250 e. The summed E-state index contributed by atoms with van der Waals surface area (Å²) in [6.07, 6.45) is 13.1. The summed E-state index contributed by atoms with van der Waals surface area (Å²) in [5.74, 6) is 0.438. The zero-order valence-corrected chi connectivity index (χ0v) is 22.3. The van der Waals surface area contributed by atoms with Crippen molar-refractivity contribution in [2.24, 2.45) is 0 Å². The van der Waals surface area contributed by atoms with Crippen molar-refractivity contribution in [3.05, 3.63) is 72.8 Å². The van der Waals surface area contributed by atoms with E-state index in [-0.39, 0.29) is 24.7 Å². The lowest BCUT2D eigenvalue weighted by Gasteiger charge is -2.22. The molecule has 2 heterocycles. The van der Waals surface area contributed by atoms with Gasteiger partial charge in [-0.1, -0.05) is 42.5 Å². The number of unbranched alkanes of at least 4 members (excludes halogenated alkanes) is 2. The van der Waals surface area contributed by atoms with Gasteiger partial charge in [0.25, 0.3) is 0 Å². The van der Waals surface area contributed by atoms with Crippen molar-refractivity contribution in [3.8, 4) is 5.75 Å². The van der Waals surface area contributed by atoms with Crippen molar-refractivity contribution in [3.63, 3.8) is 0 Å². The molecule has 0 saturated carbocycles. The molecule has 0 spiro atoms. The molecular weight excluding hydrogens is 496 g/mol. The summed E-state index contributed by atoms with van der Waals surface area (Å²) in [5, 5.41) is 5.10. The van der Waals surface area contributed by atoms with Gasteiger partial charge in [0.1, 0.15) is 12.4 Å². The molecule has 1 saturated heterocycles. The van der Waals surface area contributed by atoms with Gasteiger partial charge in [0, 0.05) is 50.3 Å². The van der Waals surface area contributed by atoms with Crippen LogP contribution in [0.15, 0.2) is 72.8 Å². The highest BCUT2D eigenvalue weighted by Crippen LogP contribution is 2.25. The van der Waals surface area contributed by atoms with E-state index in [9.17, 15) is 9.59 Å². The van der Waals surface area contributed by atoms with Gasteiger partial charge in [-0.2, -0.15) is 0 Å². The first-order valence-electron chi connectivity index (χ1n) is 13.8. The Morgan fingerprint density at radius 3 is 2.85 bits per heavy atom. The number of amides is 2. The van der Waals surface area contributed by atoms with Crippen molar-refractivity contribution in [2.75, 3.05) is 19.8 Å². The summed E-state index contributed by atoms with van der Waals surface area (Å²) < 4.78 is 13.6. The van der Waals surface area contributed by atoms with Crippen LogP contribution < -0.4 is 15.5 Å². The molecule has 1 aliphatic heterocycles. The van der Waals surface area contributed by atoms with Crippen molar-refractivity contribution in [2.45, 2.75) is 64.2 Å². The molecule has 1 unspecified atom stereocenters. The number of benzene rings is 2. The number of allylic oxidation sites excluding steroid dienone is 1. The van der Waals surface area contributed by atoms with Crippen LogP contribution in [0.3, 0.4) is 0 Å². The van der Waals surface area contributed by atoms with E-state index in [1.807, 2.05) is 59.3 Å². The maximum atomic E-state index is 13.0. The van der Waals surface area contributed by atoms with Gasteiger partial charge in [0.2, 0.25) is 11.8 Å². The number of ether oxygens (including phenoxy) is 2. The number of aromatic nitrogens is 2. The van der Waals surface area contributed by atoms with Gasteiger partial charge in [-0.25, -0.2) is 15.3 Å². The third kappa shape index (κ3) is 9.53. The Balaban J connectivity index is 1.25. The predicted octanol–water partition coefficient (Wildman–Crippen LogP) is 4.68. The second-order valence-electron chi connectivity index (χ2n) is 9.59. The van der Waals surface area contributed by atoms with Gasteiger partial charge in [-0.05, 0) is 50.0 Å². The van der Waals surface area contributed by atoms with E-state index in [0.29, 0.717) is 38.0 Å². The standard InChI is InChI=1S/C30H38N4O5/c35-28(33-39-29-16-6-7-21-37-29)15-3-1-2-11-25(30(36)32-17-9-19-34-20-18-31-23-34)22-38-27-14-8-12-24-10-4-5-13-26(24)27/h4-5,8,10-14,18,20,23,29H,1-3,6-7,9,15-17,19,21-22H2,(H,32,36)(H,33,35)/b25-11+. The maximum absolute atomic E-state index is 13.0. The molecule has 1 atom stereocenters. The van der Waals surface area contributed by atoms with E-state index in [1.54, 1.807) is 12.5 Å². The van der Waals surface area contributed by atoms with Crippen LogP contribution in [-0.4, -0.2) is 47.4 Å². The lowest BCUT2D eigenvalue weighted by molar-refractivity contribution is -0.200. The van der Waals surface area contributed by atoms with Crippen molar-refractivity contribution in [1.82, 2.24) is 20.3 Å². The molecular formula is C30H38N4O5. The first kappa shape index (κ1) is 28.3. The van der Waals surface area contributed by atoms with Crippen molar-refractivity contribution in [1.29, 1.82) is 0 Å². The topological polar surface area (TPSA) is 104 Å². The fourth-order valence-electron chi connectivity index (χ4n) is 4.38. The normalized spacial score (nSPS) is 15.7. The van der Waals surface area contributed by atoms with Crippen LogP contribution in [0.4, 0.5) is 0 Å². The first-order chi connectivity index (χ1) is 19.2. The minimum Gasteiger partial charge on any atom is -0.488 e.